The van der Waals surface area contributed by atoms with Gasteiger partial charge in [-0.3, -0.25) is 0 Å². The van der Waals surface area contributed by atoms with Crippen molar-refractivity contribution in [3.05, 3.63) is 41.5 Å². The van der Waals surface area contributed by atoms with E-state index in [0.717, 1.165) is 6.42 Å². The molecule has 2 N–H and O–H groups in total. The van der Waals surface area contributed by atoms with Crippen molar-refractivity contribution in [1.29, 1.82) is 0 Å². The van der Waals surface area contributed by atoms with Gasteiger partial charge in [0.25, 0.3) is 0 Å². The molecule has 0 spiro atoms. The van der Waals surface area contributed by atoms with Crippen LogP contribution < -0.4 is 0 Å². The molecule has 0 saturated carbocycles. The molecule has 0 radical (unpaired) electrons. The fourth-order valence-electron chi connectivity index (χ4n) is 3.59. The van der Waals surface area contributed by atoms with Gasteiger partial charge in [-0.1, -0.05) is 39.8 Å². The molecule has 0 bridgehead atoms. The zero-order chi connectivity index (χ0) is 20.9. The highest BCUT2D eigenvalue weighted by molar-refractivity contribution is 5.92. The van der Waals surface area contributed by atoms with Crippen molar-refractivity contribution in [2.45, 2.75) is 46.1 Å². The maximum absolute atomic E-state index is 12.3. The Balaban J connectivity index is 2.04. The van der Waals surface area contributed by atoms with Crippen molar-refractivity contribution >= 4 is 11.9 Å². The molecule has 1 aliphatic rings. The third kappa shape index (κ3) is 5.35. The van der Waals surface area contributed by atoms with Crippen LogP contribution in [0, 0.1) is 17.8 Å². The molecule has 28 heavy (non-hydrogen) atoms. The molecule has 0 aliphatic carbocycles. The van der Waals surface area contributed by atoms with Gasteiger partial charge in [-0.05, 0) is 42.4 Å². The van der Waals surface area contributed by atoms with Crippen molar-refractivity contribution in [2.24, 2.45) is 17.8 Å². The number of phenols is 1. The minimum absolute atomic E-state index is 0.0475. The van der Waals surface area contributed by atoms with Crippen molar-refractivity contribution < 1.29 is 29.3 Å². The highest BCUT2D eigenvalue weighted by Gasteiger charge is 2.44. The minimum Gasteiger partial charge on any atom is -0.508 e. The Labute approximate surface area is 166 Å². The molecule has 1 saturated heterocycles. The highest BCUT2D eigenvalue weighted by atomic mass is 16.6. The number of hydrogen-bond donors (Lipinski definition) is 2. The van der Waals surface area contributed by atoms with Crippen molar-refractivity contribution in [2.75, 3.05) is 13.2 Å². The molecule has 1 unspecified atom stereocenters. The van der Waals surface area contributed by atoms with Gasteiger partial charge in [0.05, 0.1) is 12.2 Å². The smallest absolute Gasteiger partial charge is 0.338 e. The molecule has 0 amide bonds. The Kier molecular flexibility index (Phi) is 7.24. The van der Waals surface area contributed by atoms with Crippen LogP contribution in [0.25, 0.3) is 0 Å². The average molecular weight is 390 g/mol. The van der Waals surface area contributed by atoms with Crippen LogP contribution in [-0.2, 0) is 14.3 Å². The summed E-state index contributed by atoms with van der Waals surface area (Å²) in [6, 6.07) is 5.78. The van der Waals surface area contributed by atoms with E-state index in [1.54, 1.807) is 0 Å². The summed E-state index contributed by atoms with van der Waals surface area (Å²) in [6.07, 6.45) is 2.84. The molecule has 1 heterocycles. The lowest BCUT2D eigenvalue weighted by Crippen LogP contribution is -2.39. The van der Waals surface area contributed by atoms with Crippen LogP contribution in [-0.4, -0.2) is 41.0 Å². The molecule has 2 rings (SSSR count). The molecular formula is C22H30O6. The lowest BCUT2D eigenvalue weighted by atomic mass is 9.82. The first kappa shape index (κ1) is 22.0. The quantitative estimate of drug-likeness (QED) is 0.521. The van der Waals surface area contributed by atoms with Gasteiger partial charge in [-0.15, -0.1) is 0 Å². The van der Waals surface area contributed by atoms with E-state index in [1.165, 1.54) is 24.3 Å². The van der Waals surface area contributed by atoms with Gasteiger partial charge in [0.2, 0.25) is 0 Å². The maximum atomic E-state index is 12.3. The summed E-state index contributed by atoms with van der Waals surface area (Å²) in [5.74, 6) is 0.229. The zero-order valence-electron chi connectivity index (χ0n) is 17.0. The monoisotopic (exact) mass is 390 g/mol. The van der Waals surface area contributed by atoms with Crippen LogP contribution in [0.4, 0.5) is 0 Å². The first-order valence-corrected chi connectivity index (χ1v) is 9.67. The number of hydrogen-bond acceptors (Lipinski definition) is 6. The lowest BCUT2D eigenvalue weighted by molar-refractivity contribution is -0.154. The molecule has 6 heteroatoms. The SMILES string of the molecule is CC(C)C(C/C=C1/CC(CO)(COC(=O)c2cccc(O)c2)OC1=O)C(C)C. The predicted molar refractivity (Wildman–Crippen MR) is 105 cm³/mol. The molecule has 1 aromatic carbocycles. The Morgan fingerprint density at radius 3 is 2.54 bits per heavy atom. The molecule has 6 nitrogen and oxygen atoms in total. The predicted octanol–water partition coefficient (Wildman–Crippen LogP) is 3.47. The van der Waals surface area contributed by atoms with Gasteiger partial charge in [-0.25, -0.2) is 9.59 Å². The van der Waals surface area contributed by atoms with Crippen LogP contribution >= 0.6 is 0 Å². The largest absolute Gasteiger partial charge is 0.508 e. The second kappa shape index (κ2) is 9.24. The van der Waals surface area contributed by atoms with Gasteiger partial charge in [0.15, 0.2) is 5.60 Å². The van der Waals surface area contributed by atoms with E-state index >= 15 is 0 Å². The van der Waals surface area contributed by atoms with Crippen LogP contribution in [0.5, 0.6) is 5.75 Å². The van der Waals surface area contributed by atoms with Gasteiger partial charge in [-0.2, -0.15) is 0 Å². The van der Waals surface area contributed by atoms with Crippen molar-refractivity contribution in [3.8, 4) is 5.75 Å². The van der Waals surface area contributed by atoms with Gasteiger partial charge < -0.3 is 19.7 Å². The van der Waals surface area contributed by atoms with E-state index in [1.807, 2.05) is 6.08 Å². The number of cyclic esters (lactones) is 1. The van der Waals surface area contributed by atoms with Crippen LogP contribution in [0.15, 0.2) is 35.9 Å². The Morgan fingerprint density at radius 1 is 1.29 bits per heavy atom. The normalized spacial score (nSPS) is 21.0. The second-order valence-corrected chi connectivity index (χ2v) is 8.15. The van der Waals surface area contributed by atoms with E-state index in [-0.39, 0.29) is 24.3 Å². The Hall–Kier alpha value is -2.34. The molecule has 1 atom stereocenters. The van der Waals surface area contributed by atoms with Crippen molar-refractivity contribution in [3.63, 3.8) is 0 Å². The van der Waals surface area contributed by atoms with Crippen LogP contribution in [0.2, 0.25) is 0 Å². The fraction of sp³-hybridized carbons (Fsp3) is 0.545. The summed E-state index contributed by atoms with van der Waals surface area (Å²) < 4.78 is 10.6. The number of rotatable bonds is 8. The minimum atomic E-state index is -1.26. The molecular weight excluding hydrogens is 360 g/mol. The molecule has 1 aromatic rings. The number of aliphatic hydroxyl groups is 1. The molecule has 154 valence electrons. The third-order valence-electron chi connectivity index (χ3n) is 5.27. The third-order valence-corrected chi connectivity index (χ3v) is 5.27. The lowest BCUT2D eigenvalue weighted by Gasteiger charge is -2.24. The Morgan fingerprint density at radius 2 is 1.96 bits per heavy atom. The van der Waals surface area contributed by atoms with E-state index in [9.17, 15) is 19.8 Å². The second-order valence-electron chi connectivity index (χ2n) is 8.15. The fourth-order valence-corrected chi connectivity index (χ4v) is 3.59. The highest BCUT2D eigenvalue weighted by Crippen LogP contribution is 2.33. The van der Waals surface area contributed by atoms with Crippen LogP contribution in [0.1, 0.15) is 50.9 Å². The van der Waals surface area contributed by atoms with Crippen LogP contribution in [0.3, 0.4) is 0 Å². The average Bonchev–Trinajstić information content (AvgIpc) is 2.96. The number of esters is 2. The number of benzene rings is 1. The van der Waals surface area contributed by atoms with E-state index in [0.29, 0.717) is 23.3 Å². The first-order valence-electron chi connectivity index (χ1n) is 9.67. The van der Waals surface area contributed by atoms with E-state index in [2.05, 4.69) is 27.7 Å². The summed E-state index contributed by atoms with van der Waals surface area (Å²) in [6.45, 7) is 7.95. The topological polar surface area (TPSA) is 93.1 Å². The number of aromatic hydroxyl groups is 1. The summed E-state index contributed by atoms with van der Waals surface area (Å²) in [5, 5.41) is 19.3. The zero-order valence-corrected chi connectivity index (χ0v) is 17.0. The summed E-state index contributed by atoms with van der Waals surface area (Å²) in [5.41, 5.74) is -0.570. The summed E-state index contributed by atoms with van der Waals surface area (Å²) in [7, 11) is 0. The summed E-state index contributed by atoms with van der Waals surface area (Å²) >= 11 is 0. The van der Waals surface area contributed by atoms with E-state index in [4.69, 9.17) is 9.47 Å². The first-order chi connectivity index (χ1) is 13.2. The van der Waals surface area contributed by atoms with Gasteiger partial charge in [0.1, 0.15) is 12.4 Å². The van der Waals surface area contributed by atoms with Gasteiger partial charge >= 0.3 is 11.9 Å². The van der Waals surface area contributed by atoms with Gasteiger partial charge in [0, 0.05) is 12.0 Å². The Bertz CT molecular complexity index is 728. The standard InChI is InChI=1S/C22H30O6/c1-14(2)19(15(3)4)9-8-17-11-22(12-23,28-21(17)26)13-27-20(25)16-6-5-7-18(24)10-16/h5-8,10,14-15,19,23-24H,9,11-13H2,1-4H3/b17-8-. The molecule has 1 fully saturated rings. The number of allylic oxidation sites excluding steroid dienone is 1. The molecule has 1 aliphatic heterocycles. The number of ether oxygens (including phenoxy) is 2. The number of phenolic OH excluding ortho intramolecular Hbond substituents is 1. The maximum Gasteiger partial charge on any atom is 0.338 e. The number of aliphatic hydroxyl groups excluding tert-OH is 1. The summed E-state index contributed by atoms with van der Waals surface area (Å²) in [4.78, 5) is 24.5. The van der Waals surface area contributed by atoms with Crippen molar-refractivity contribution in [1.82, 2.24) is 0 Å². The molecule has 0 aromatic heterocycles. The van der Waals surface area contributed by atoms with E-state index < -0.39 is 24.1 Å². The number of carbonyl (C=O) groups is 2. The number of carbonyl (C=O) groups excluding carboxylic acids is 2.